The second-order valence-electron chi connectivity index (χ2n) is 14.5. The van der Waals surface area contributed by atoms with Crippen LogP contribution in [-0.4, -0.2) is 13.7 Å². The first kappa shape index (κ1) is 30.1. The summed E-state index contributed by atoms with van der Waals surface area (Å²) in [5, 5.41) is 9.96. The van der Waals surface area contributed by atoms with Gasteiger partial charge in [0, 0.05) is 43.4 Å². The van der Waals surface area contributed by atoms with Gasteiger partial charge in [-0.3, -0.25) is 0 Å². The SMILES string of the molecule is c1ccc(-c2ccc(-n3c4ccccc4c4cc5c6ccccc6n(-c6cccc7c6c6ccccc6n7-c6cccc7ccccc67)c5cc43)cc2)cc1. The Balaban J connectivity index is 1.17. The zero-order chi connectivity index (χ0) is 36.0. The molecule has 12 rings (SSSR count). The first-order valence-electron chi connectivity index (χ1n) is 18.9. The lowest BCUT2D eigenvalue weighted by atomic mass is 10.1. The molecular weight excluding hydrogens is 667 g/mol. The summed E-state index contributed by atoms with van der Waals surface area (Å²) in [4.78, 5) is 0. The number of fused-ring (bicyclic) bond motifs is 10. The summed E-state index contributed by atoms with van der Waals surface area (Å²) in [5.74, 6) is 0. The number of para-hydroxylation sites is 3. The lowest BCUT2D eigenvalue weighted by Crippen LogP contribution is -1.98. The lowest BCUT2D eigenvalue weighted by Gasteiger charge is -2.13. The summed E-state index contributed by atoms with van der Waals surface area (Å²) in [5.41, 5.74) is 13.1. The van der Waals surface area contributed by atoms with Crippen LogP contribution < -0.4 is 0 Å². The average molecular weight is 700 g/mol. The molecule has 0 amide bonds. The van der Waals surface area contributed by atoms with Crippen molar-refractivity contribution in [3.8, 4) is 28.2 Å². The normalized spacial score (nSPS) is 12.0. The van der Waals surface area contributed by atoms with Crippen molar-refractivity contribution in [3.05, 3.63) is 200 Å². The van der Waals surface area contributed by atoms with Gasteiger partial charge in [-0.2, -0.15) is 0 Å². The highest BCUT2D eigenvalue weighted by Gasteiger charge is 2.22. The molecule has 0 N–H and O–H groups in total. The molecular formula is C52H33N3. The second kappa shape index (κ2) is 11.6. The summed E-state index contributed by atoms with van der Waals surface area (Å²) in [6.07, 6.45) is 0. The van der Waals surface area contributed by atoms with Crippen LogP contribution in [-0.2, 0) is 0 Å². The number of hydrogen-bond donors (Lipinski definition) is 0. The van der Waals surface area contributed by atoms with Gasteiger partial charge in [0.15, 0.2) is 0 Å². The minimum atomic E-state index is 1.15. The van der Waals surface area contributed by atoms with Crippen LogP contribution in [0.25, 0.3) is 104 Å². The maximum atomic E-state index is 2.51. The van der Waals surface area contributed by atoms with E-state index in [1.807, 2.05) is 0 Å². The van der Waals surface area contributed by atoms with Gasteiger partial charge in [0.25, 0.3) is 0 Å². The Bertz CT molecular complexity index is 3460. The molecule has 0 unspecified atom stereocenters. The van der Waals surface area contributed by atoms with Crippen LogP contribution in [0.2, 0.25) is 0 Å². The van der Waals surface area contributed by atoms with E-state index in [9.17, 15) is 0 Å². The fourth-order valence-electron chi connectivity index (χ4n) is 9.25. The van der Waals surface area contributed by atoms with Crippen LogP contribution in [0.4, 0.5) is 0 Å². The van der Waals surface area contributed by atoms with Gasteiger partial charge < -0.3 is 13.7 Å². The van der Waals surface area contributed by atoms with Crippen LogP contribution in [0.5, 0.6) is 0 Å². The third-order valence-electron chi connectivity index (χ3n) is 11.6. The number of nitrogens with zero attached hydrogens (tertiary/aromatic N) is 3. The largest absolute Gasteiger partial charge is 0.309 e. The summed E-state index contributed by atoms with van der Waals surface area (Å²) in [6.45, 7) is 0. The van der Waals surface area contributed by atoms with Crippen LogP contribution in [0, 0.1) is 0 Å². The molecule has 9 aromatic carbocycles. The van der Waals surface area contributed by atoms with Gasteiger partial charge in [0.1, 0.15) is 0 Å². The van der Waals surface area contributed by atoms with Crippen molar-refractivity contribution < 1.29 is 0 Å². The van der Waals surface area contributed by atoms with E-state index < -0.39 is 0 Å². The third kappa shape index (κ3) is 4.32. The van der Waals surface area contributed by atoms with Crippen molar-refractivity contribution in [1.82, 2.24) is 13.7 Å². The molecule has 3 heteroatoms. The summed E-state index contributed by atoms with van der Waals surface area (Å²) in [6, 6.07) is 73.2. The predicted molar refractivity (Wildman–Crippen MR) is 232 cm³/mol. The molecule has 0 aliphatic rings. The molecule has 3 aromatic heterocycles. The Kier molecular flexibility index (Phi) is 6.34. The first-order valence-corrected chi connectivity index (χ1v) is 18.9. The van der Waals surface area contributed by atoms with E-state index in [0.717, 1.165) is 5.69 Å². The quantitative estimate of drug-likeness (QED) is 0.174. The molecule has 3 heterocycles. The van der Waals surface area contributed by atoms with Gasteiger partial charge in [0.2, 0.25) is 0 Å². The molecule has 0 spiro atoms. The standard InChI is InChI=1S/C52H33N3/c1-2-14-34(15-3-1)35-28-30-37(31-29-35)53-45-22-9-6-19-39(45)42-32-43-40-20-7-10-23-46(40)55(51(43)33-50(42)53)49-27-13-26-48-52(49)41-21-8-11-24-47(41)54(48)44-25-12-17-36-16-4-5-18-38(36)44/h1-33H. The average Bonchev–Trinajstić information content (AvgIpc) is 3.88. The van der Waals surface area contributed by atoms with Crippen LogP contribution >= 0.6 is 0 Å². The highest BCUT2D eigenvalue weighted by Crippen LogP contribution is 2.43. The highest BCUT2D eigenvalue weighted by molar-refractivity contribution is 6.21. The second-order valence-corrected chi connectivity index (χ2v) is 14.5. The Labute approximate surface area is 317 Å². The van der Waals surface area contributed by atoms with E-state index in [2.05, 4.69) is 214 Å². The molecule has 0 saturated carbocycles. The van der Waals surface area contributed by atoms with Crippen molar-refractivity contribution in [1.29, 1.82) is 0 Å². The number of benzene rings is 9. The molecule has 0 radical (unpaired) electrons. The smallest absolute Gasteiger partial charge is 0.0562 e. The number of rotatable bonds is 4. The Hall–Kier alpha value is -7.36. The van der Waals surface area contributed by atoms with Crippen molar-refractivity contribution in [3.63, 3.8) is 0 Å². The molecule has 0 aliphatic carbocycles. The number of hydrogen-bond acceptors (Lipinski definition) is 0. The molecule has 0 bridgehead atoms. The van der Waals surface area contributed by atoms with E-state index in [1.54, 1.807) is 0 Å². The van der Waals surface area contributed by atoms with Crippen LogP contribution in [0.3, 0.4) is 0 Å². The van der Waals surface area contributed by atoms with Crippen LogP contribution in [0.1, 0.15) is 0 Å². The Morgan fingerprint density at radius 1 is 0.255 bits per heavy atom. The van der Waals surface area contributed by atoms with Gasteiger partial charge in [-0.15, -0.1) is 0 Å². The lowest BCUT2D eigenvalue weighted by molar-refractivity contribution is 1.17. The fourth-order valence-corrected chi connectivity index (χ4v) is 9.25. The molecule has 0 saturated heterocycles. The van der Waals surface area contributed by atoms with E-state index in [4.69, 9.17) is 0 Å². The Morgan fingerprint density at radius 2 is 0.745 bits per heavy atom. The zero-order valence-corrected chi connectivity index (χ0v) is 29.9. The Morgan fingerprint density at radius 3 is 1.49 bits per heavy atom. The van der Waals surface area contributed by atoms with Crippen molar-refractivity contribution >= 4 is 76.2 Å². The molecule has 55 heavy (non-hydrogen) atoms. The topological polar surface area (TPSA) is 14.8 Å². The first-order chi connectivity index (χ1) is 27.3. The zero-order valence-electron chi connectivity index (χ0n) is 29.9. The molecule has 3 nitrogen and oxygen atoms in total. The number of aromatic nitrogens is 3. The molecule has 0 atom stereocenters. The minimum Gasteiger partial charge on any atom is -0.309 e. The van der Waals surface area contributed by atoms with E-state index >= 15 is 0 Å². The van der Waals surface area contributed by atoms with E-state index in [-0.39, 0.29) is 0 Å². The summed E-state index contributed by atoms with van der Waals surface area (Å²) >= 11 is 0. The molecule has 12 aromatic rings. The summed E-state index contributed by atoms with van der Waals surface area (Å²) < 4.78 is 7.40. The predicted octanol–water partition coefficient (Wildman–Crippen LogP) is 13.8. The fraction of sp³-hybridized carbons (Fsp3) is 0. The maximum Gasteiger partial charge on any atom is 0.0562 e. The van der Waals surface area contributed by atoms with Gasteiger partial charge in [-0.25, -0.2) is 0 Å². The van der Waals surface area contributed by atoms with Crippen LogP contribution in [0.15, 0.2) is 200 Å². The molecule has 0 fully saturated rings. The maximum absolute atomic E-state index is 2.51. The van der Waals surface area contributed by atoms with Gasteiger partial charge in [-0.05, 0) is 77.2 Å². The van der Waals surface area contributed by atoms with Crippen molar-refractivity contribution in [2.45, 2.75) is 0 Å². The van der Waals surface area contributed by atoms with Gasteiger partial charge in [0.05, 0.1) is 44.5 Å². The van der Waals surface area contributed by atoms with E-state index in [1.165, 1.54) is 98.7 Å². The molecule has 256 valence electrons. The van der Waals surface area contributed by atoms with Gasteiger partial charge in [-0.1, -0.05) is 140 Å². The highest BCUT2D eigenvalue weighted by atomic mass is 15.0. The monoisotopic (exact) mass is 699 g/mol. The van der Waals surface area contributed by atoms with Crippen molar-refractivity contribution in [2.24, 2.45) is 0 Å². The minimum absolute atomic E-state index is 1.15. The van der Waals surface area contributed by atoms with Gasteiger partial charge >= 0.3 is 0 Å². The third-order valence-corrected chi connectivity index (χ3v) is 11.6. The summed E-state index contributed by atoms with van der Waals surface area (Å²) in [7, 11) is 0. The van der Waals surface area contributed by atoms with Crippen molar-refractivity contribution in [2.75, 3.05) is 0 Å². The molecule has 0 aliphatic heterocycles. The van der Waals surface area contributed by atoms with E-state index in [0.29, 0.717) is 0 Å².